The molecule has 98 valence electrons. The summed E-state index contributed by atoms with van der Waals surface area (Å²) in [6.07, 6.45) is 7.20. The monoisotopic (exact) mass is 230 g/mol. The average molecular weight is 230 g/mol. The van der Waals surface area contributed by atoms with Crippen molar-refractivity contribution in [3.05, 3.63) is 0 Å². The van der Waals surface area contributed by atoms with Crippen LogP contribution in [-0.4, -0.2) is 22.9 Å². The van der Waals surface area contributed by atoms with Gasteiger partial charge in [0.2, 0.25) is 0 Å². The largest absolute Gasteiger partial charge is 0.387 e. The van der Waals surface area contributed by atoms with Crippen molar-refractivity contribution in [2.24, 2.45) is 0 Å². The van der Waals surface area contributed by atoms with Crippen LogP contribution in [0.5, 0.6) is 0 Å². The molecule has 0 aromatic heterocycles. The van der Waals surface area contributed by atoms with Crippen molar-refractivity contribution in [1.29, 1.82) is 0 Å². The molecule has 0 aromatic rings. The molecule has 0 heterocycles. The van der Waals surface area contributed by atoms with Crippen molar-refractivity contribution < 1.29 is 9.84 Å². The molecule has 0 saturated heterocycles. The van der Waals surface area contributed by atoms with Gasteiger partial charge in [-0.3, -0.25) is 0 Å². The van der Waals surface area contributed by atoms with Crippen molar-refractivity contribution in [2.75, 3.05) is 6.61 Å². The minimum Gasteiger partial charge on any atom is -0.387 e. The molecule has 0 rings (SSSR count). The molecule has 0 aliphatic rings. The summed E-state index contributed by atoms with van der Waals surface area (Å²) >= 11 is 0. The predicted octanol–water partition coefficient (Wildman–Crippen LogP) is 3.91. The van der Waals surface area contributed by atoms with Crippen molar-refractivity contribution in [3.63, 3.8) is 0 Å². The van der Waals surface area contributed by atoms with Crippen LogP contribution in [0.3, 0.4) is 0 Å². The van der Waals surface area contributed by atoms with E-state index in [0.29, 0.717) is 6.61 Å². The molecular formula is C14H30O2. The molecule has 0 fully saturated rings. The van der Waals surface area contributed by atoms with E-state index in [4.69, 9.17) is 4.74 Å². The number of unbranched alkanes of at least 4 members (excludes halogenated alkanes) is 4. The molecule has 0 bridgehead atoms. The molecule has 1 atom stereocenters. The summed E-state index contributed by atoms with van der Waals surface area (Å²) in [4.78, 5) is 0. The van der Waals surface area contributed by atoms with Crippen LogP contribution in [0.4, 0.5) is 0 Å². The Morgan fingerprint density at radius 3 is 1.94 bits per heavy atom. The maximum atomic E-state index is 10.1. The third-order valence-electron chi connectivity index (χ3n) is 3.51. The Labute approximate surface area is 101 Å². The Morgan fingerprint density at radius 1 is 0.938 bits per heavy atom. The van der Waals surface area contributed by atoms with E-state index in [9.17, 15) is 5.11 Å². The Morgan fingerprint density at radius 2 is 1.50 bits per heavy atom. The highest BCUT2D eigenvalue weighted by molar-refractivity contribution is 4.91. The Kier molecular flexibility index (Phi) is 7.25. The summed E-state index contributed by atoms with van der Waals surface area (Å²) in [6.45, 7) is 10.6. The van der Waals surface area contributed by atoms with E-state index in [1.807, 2.05) is 27.7 Å². The van der Waals surface area contributed by atoms with E-state index in [0.717, 1.165) is 12.8 Å². The summed E-state index contributed by atoms with van der Waals surface area (Å²) in [5.74, 6) is 0. The predicted molar refractivity (Wildman–Crippen MR) is 69.7 cm³/mol. The zero-order chi connectivity index (χ0) is 12.7. The molecule has 1 N–H and O–H groups in total. The molecule has 0 aromatic carbocycles. The lowest BCUT2D eigenvalue weighted by molar-refractivity contribution is -0.159. The number of aliphatic hydroxyl groups is 1. The van der Waals surface area contributed by atoms with E-state index in [1.54, 1.807) is 0 Å². The van der Waals surface area contributed by atoms with Gasteiger partial charge in [-0.1, -0.05) is 39.0 Å². The van der Waals surface area contributed by atoms with E-state index in [-0.39, 0.29) is 0 Å². The maximum absolute atomic E-state index is 10.1. The van der Waals surface area contributed by atoms with Crippen LogP contribution in [0, 0.1) is 0 Å². The fourth-order valence-corrected chi connectivity index (χ4v) is 1.94. The third-order valence-corrected chi connectivity index (χ3v) is 3.51. The normalized spacial score (nSPS) is 16.1. The third kappa shape index (κ3) is 5.31. The molecule has 0 radical (unpaired) electrons. The fraction of sp³-hybridized carbons (Fsp3) is 1.00. The molecular weight excluding hydrogens is 200 g/mol. The van der Waals surface area contributed by atoms with Crippen molar-refractivity contribution in [2.45, 2.75) is 84.3 Å². The molecule has 1 unspecified atom stereocenters. The Bertz CT molecular complexity index is 172. The standard InChI is InChI=1S/C14H30O2/c1-6-8-9-10-11-12-14(5,16-7-2)13(3,4)15/h15H,6-12H2,1-5H3. The molecule has 2 nitrogen and oxygen atoms in total. The first-order chi connectivity index (χ1) is 7.37. The number of ether oxygens (including phenoxy) is 1. The summed E-state index contributed by atoms with van der Waals surface area (Å²) in [5, 5.41) is 10.1. The van der Waals surface area contributed by atoms with Gasteiger partial charge in [0.25, 0.3) is 0 Å². The number of hydrogen-bond donors (Lipinski definition) is 1. The minimum absolute atomic E-state index is 0.409. The van der Waals surface area contributed by atoms with Gasteiger partial charge in [0.1, 0.15) is 0 Å². The Balaban J connectivity index is 4.04. The summed E-state index contributed by atoms with van der Waals surface area (Å²) in [6, 6.07) is 0. The first-order valence-electron chi connectivity index (χ1n) is 6.73. The van der Waals surface area contributed by atoms with Gasteiger partial charge < -0.3 is 9.84 Å². The van der Waals surface area contributed by atoms with Gasteiger partial charge in [-0.05, 0) is 34.1 Å². The Hall–Kier alpha value is -0.0800. The zero-order valence-corrected chi connectivity index (χ0v) is 11.8. The van der Waals surface area contributed by atoms with Crippen LogP contribution in [0.15, 0.2) is 0 Å². The van der Waals surface area contributed by atoms with Gasteiger partial charge in [0.05, 0.1) is 11.2 Å². The van der Waals surface area contributed by atoms with Crippen molar-refractivity contribution in [1.82, 2.24) is 0 Å². The highest BCUT2D eigenvalue weighted by atomic mass is 16.5. The topological polar surface area (TPSA) is 29.5 Å². The summed E-state index contributed by atoms with van der Waals surface area (Å²) < 4.78 is 5.75. The van der Waals surface area contributed by atoms with Crippen LogP contribution < -0.4 is 0 Å². The second kappa shape index (κ2) is 7.29. The summed E-state index contributed by atoms with van der Waals surface area (Å²) in [7, 11) is 0. The highest BCUT2D eigenvalue weighted by Crippen LogP contribution is 2.31. The van der Waals surface area contributed by atoms with Gasteiger partial charge in [-0.15, -0.1) is 0 Å². The van der Waals surface area contributed by atoms with Crippen molar-refractivity contribution in [3.8, 4) is 0 Å². The molecule has 0 saturated carbocycles. The molecule has 0 spiro atoms. The molecule has 0 aliphatic carbocycles. The second-order valence-corrected chi connectivity index (χ2v) is 5.39. The first kappa shape index (κ1) is 15.9. The van der Waals surface area contributed by atoms with Crippen LogP contribution >= 0.6 is 0 Å². The number of hydrogen-bond acceptors (Lipinski definition) is 2. The second-order valence-electron chi connectivity index (χ2n) is 5.39. The fourth-order valence-electron chi connectivity index (χ4n) is 1.94. The molecule has 2 heteroatoms. The van der Waals surface area contributed by atoms with E-state index < -0.39 is 11.2 Å². The van der Waals surface area contributed by atoms with Crippen LogP contribution in [-0.2, 0) is 4.74 Å². The van der Waals surface area contributed by atoms with Gasteiger partial charge in [0, 0.05) is 6.61 Å². The van der Waals surface area contributed by atoms with Crippen LogP contribution in [0.1, 0.15) is 73.1 Å². The van der Waals surface area contributed by atoms with E-state index in [2.05, 4.69) is 6.92 Å². The first-order valence-corrected chi connectivity index (χ1v) is 6.73. The van der Waals surface area contributed by atoms with Gasteiger partial charge in [-0.25, -0.2) is 0 Å². The van der Waals surface area contributed by atoms with E-state index in [1.165, 1.54) is 25.7 Å². The zero-order valence-electron chi connectivity index (χ0n) is 11.8. The quantitative estimate of drug-likeness (QED) is 0.608. The highest BCUT2D eigenvalue weighted by Gasteiger charge is 2.39. The molecule has 0 aliphatic heterocycles. The van der Waals surface area contributed by atoms with Crippen LogP contribution in [0.25, 0.3) is 0 Å². The lowest BCUT2D eigenvalue weighted by atomic mass is 9.83. The number of rotatable bonds is 9. The van der Waals surface area contributed by atoms with Crippen LogP contribution in [0.2, 0.25) is 0 Å². The maximum Gasteiger partial charge on any atom is 0.0934 e. The van der Waals surface area contributed by atoms with E-state index >= 15 is 0 Å². The smallest absolute Gasteiger partial charge is 0.0934 e. The minimum atomic E-state index is -0.770. The SMILES string of the molecule is CCCCCCCC(C)(OCC)C(C)(C)O. The lowest BCUT2D eigenvalue weighted by Gasteiger charge is -2.40. The van der Waals surface area contributed by atoms with Crippen molar-refractivity contribution >= 4 is 0 Å². The van der Waals surface area contributed by atoms with Gasteiger partial charge in [-0.2, -0.15) is 0 Å². The lowest BCUT2D eigenvalue weighted by Crippen LogP contribution is -2.49. The molecule has 16 heavy (non-hydrogen) atoms. The molecule has 0 amide bonds. The van der Waals surface area contributed by atoms with Gasteiger partial charge >= 0.3 is 0 Å². The average Bonchev–Trinajstić information content (AvgIpc) is 2.16. The van der Waals surface area contributed by atoms with Gasteiger partial charge in [0.15, 0.2) is 0 Å². The summed E-state index contributed by atoms with van der Waals surface area (Å²) in [5.41, 5.74) is -1.18.